The molecule has 2 rings (SSSR count). The van der Waals surface area contributed by atoms with Gasteiger partial charge in [-0.2, -0.15) is 0 Å². The molecule has 0 aromatic carbocycles. The van der Waals surface area contributed by atoms with Gasteiger partial charge in [-0.3, -0.25) is 4.79 Å². The first-order valence-electron chi connectivity index (χ1n) is 5.57. The molecule has 90 valence electrons. The Morgan fingerprint density at radius 1 is 1.29 bits per heavy atom. The average Bonchev–Trinajstić information content (AvgIpc) is 2.72. The fourth-order valence-electron chi connectivity index (χ4n) is 1.39. The summed E-state index contributed by atoms with van der Waals surface area (Å²) in [5, 5.41) is 0. The summed E-state index contributed by atoms with van der Waals surface area (Å²) in [5.74, 6) is 2.97. The summed E-state index contributed by atoms with van der Waals surface area (Å²) in [6.07, 6.45) is 9.06. The van der Waals surface area contributed by atoms with Gasteiger partial charge in [-0.25, -0.2) is 0 Å². The van der Waals surface area contributed by atoms with Crippen molar-refractivity contribution in [2.24, 2.45) is 0 Å². The predicted molar refractivity (Wildman–Crippen MR) is 75.0 cm³/mol. The Hall–Kier alpha value is -0.870. The molecule has 17 heavy (non-hydrogen) atoms. The fraction of sp³-hybridized carbons (Fsp3) is 0.308. The maximum Gasteiger partial charge on any atom is 0.180 e. The number of hydrogen-bond acceptors (Lipinski definition) is 4. The Bertz CT molecular complexity index is 409. The lowest BCUT2D eigenvalue weighted by molar-refractivity contribution is -0.110. The van der Waals surface area contributed by atoms with E-state index in [0.717, 1.165) is 15.7 Å². The quantitative estimate of drug-likeness (QED) is 0.775. The third-order valence-electron chi connectivity index (χ3n) is 2.24. The van der Waals surface area contributed by atoms with Crippen LogP contribution in [0.25, 0.3) is 6.08 Å². The number of thioether (sulfide) groups is 2. The second-order valence-corrected chi connectivity index (χ2v) is 6.15. The summed E-state index contributed by atoms with van der Waals surface area (Å²) in [7, 11) is 0. The molecule has 1 aromatic rings. The van der Waals surface area contributed by atoms with Gasteiger partial charge in [0, 0.05) is 10.3 Å². The van der Waals surface area contributed by atoms with E-state index < -0.39 is 0 Å². The highest BCUT2D eigenvalue weighted by Gasteiger charge is 2.06. The standard InChI is InChI=1S/C13H14O2S2/c14-11(5-6-12-4-3-7-15-12)10-13-16-8-1-2-9-17-13/h3-7,10H,1-2,8-9H2/b6-5+. The lowest BCUT2D eigenvalue weighted by Crippen LogP contribution is -1.86. The zero-order valence-corrected chi connectivity index (χ0v) is 11.1. The van der Waals surface area contributed by atoms with Crippen LogP contribution < -0.4 is 0 Å². The molecule has 1 saturated heterocycles. The summed E-state index contributed by atoms with van der Waals surface area (Å²) in [5.41, 5.74) is 0. The van der Waals surface area contributed by atoms with E-state index in [1.165, 1.54) is 12.8 Å². The molecule has 0 saturated carbocycles. The molecular formula is C13H14O2S2. The largest absolute Gasteiger partial charge is 0.465 e. The van der Waals surface area contributed by atoms with E-state index >= 15 is 0 Å². The highest BCUT2D eigenvalue weighted by Crippen LogP contribution is 2.33. The Kier molecular flexibility index (Phi) is 5.01. The van der Waals surface area contributed by atoms with Crippen molar-refractivity contribution in [1.82, 2.24) is 0 Å². The molecule has 1 aliphatic rings. The Morgan fingerprint density at radius 2 is 2.06 bits per heavy atom. The van der Waals surface area contributed by atoms with E-state index in [4.69, 9.17) is 4.42 Å². The molecule has 0 bridgehead atoms. The third-order valence-corrected chi connectivity index (χ3v) is 4.74. The van der Waals surface area contributed by atoms with Crippen LogP contribution in [0, 0.1) is 0 Å². The van der Waals surface area contributed by atoms with Gasteiger partial charge in [-0.15, -0.1) is 23.5 Å². The van der Waals surface area contributed by atoms with Crippen LogP contribution in [0.2, 0.25) is 0 Å². The van der Waals surface area contributed by atoms with Crippen LogP contribution in [0.15, 0.2) is 39.2 Å². The van der Waals surface area contributed by atoms with Gasteiger partial charge in [0.15, 0.2) is 5.78 Å². The molecule has 0 amide bonds. The van der Waals surface area contributed by atoms with E-state index in [1.54, 1.807) is 54.1 Å². The lowest BCUT2D eigenvalue weighted by atomic mass is 10.3. The first-order valence-corrected chi connectivity index (χ1v) is 7.54. The highest BCUT2D eigenvalue weighted by molar-refractivity contribution is 8.22. The Balaban J connectivity index is 1.93. The molecule has 0 radical (unpaired) electrons. The van der Waals surface area contributed by atoms with Crippen molar-refractivity contribution in [2.45, 2.75) is 12.8 Å². The normalized spacial score (nSPS) is 17.1. The van der Waals surface area contributed by atoms with E-state index in [0.29, 0.717) is 5.76 Å². The van der Waals surface area contributed by atoms with Gasteiger partial charge in [0.1, 0.15) is 5.76 Å². The van der Waals surface area contributed by atoms with Crippen molar-refractivity contribution < 1.29 is 9.21 Å². The molecule has 2 heterocycles. The number of carbonyl (C=O) groups excluding carboxylic acids is 1. The van der Waals surface area contributed by atoms with Crippen molar-refractivity contribution in [1.29, 1.82) is 0 Å². The van der Waals surface area contributed by atoms with Gasteiger partial charge in [0.25, 0.3) is 0 Å². The number of ketones is 1. The monoisotopic (exact) mass is 266 g/mol. The molecule has 0 spiro atoms. The van der Waals surface area contributed by atoms with Crippen molar-refractivity contribution >= 4 is 35.4 Å². The molecule has 0 unspecified atom stereocenters. The lowest BCUT2D eigenvalue weighted by Gasteiger charge is -1.98. The van der Waals surface area contributed by atoms with Crippen LogP contribution in [0.3, 0.4) is 0 Å². The number of furan rings is 1. The predicted octanol–water partition coefficient (Wildman–Crippen LogP) is 3.96. The Labute approximate surface area is 110 Å². The summed E-state index contributed by atoms with van der Waals surface area (Å²) >= 11 is 3.56. The first-order chi connectivity index (χ1) is 8.34. The second kappa shape index (κ2) is 6.77. The summed E-state index contributed by atoms with van der Waals surface area (Å²) in [6.45, 7) is 0. The van der Waals surface area contributed by atoms with Crippen LogP contribution in [-0.4, -0.2) is 17.3 Å². The molecule has 4 heteroatoms. The molecular weight excluding hydrogens is 252 g/mol. The molecule has 1 fully saturated rings. The third kappa shape index (κ3) is 4.48. The van der Waals surface area contributed by atoms with E-state index in [9.17, 15) is 4.79 Å². The average molecular weight is 266 g/mol. The molecule has 1 aromatic heterocycles. The zero-order chi connectivity index (χ0) is 11.9. The number of allylic oxidation sites excluding steroid dienone is 2. The van der Waals surface area contributed by atoms with Crippen LogP contribution in [-0.2, 0) is 4.79 Å². The van der Waals surface area contributed by atoms with Crippen LogP contribution >= 0.6 is 23.5 Å². The molecule has 1 aliphatic heterocycles. The SMILES string of the molecule is O=C(C=C1SCCCCS1)/C=C/c1ccco1. The minimum atomic E-state index is 0.0262. The summed E-state index contributed by atoms with van der Waals surface area (Å²) in [6, 6.07) is 3.63. The minimum Gasteiger partial charge on any atom is -0.465 e. The van der Waals surface area contributed by atoms with Gasteiger partial charge in [0.2, 0.25) is 0 Å². The van der Waals surface area contributed by atoms with Crippen molar-refractivity contribution in [3.63, 3.8) is 0 Å². The van der Waals surface area contributed by atoms with Gasteiger partial charge in [-0.1, -0.05) is 0 Å². The van der Waals surface area contributed by atoms with Gasteiger partial charge < -0.3 is 4.42 Å². The maximum absolute atomic E-state index is 11.7. The molecule has 0 aliphatic carbocycles. The molecule has 0 atom stereocenters. The van der Waals surface area contributed by atoms with Crippen molar-refractivity contribution in [3.8, 4) is 0 Å². The van der Waals surface area contributed by atoms with E-state index in [2.05, 4.69) is 0 Å². The first kappa shape index (κ1) is 12.6. The highest BCUT2D eigenvalue weighted by atomic mass is 32.2. The zero-order valence-electron chi connectivity index (χ0n) is 9.43. The van der Waals surface area contributed by atoms with E-state index in [1.807, 2.05) is 6.07 Å². The number of hydrogen-bond donors (Lipinski definition) is 0. The van der Waals surface area contributed by atoms with Crippen molar-refractivity contribution in [3.05, 3.63) is 40.5 Å². The van der Waals surface area contributed by atoms with E-state index in [-0.39, 0.29) is 5.78 Å². The number of rotatable bonds is 3. The summed E-state index contributed by atoms with van der Waals surface area (Å²) < 4.78 is 6.26. The fourth-order valence-corrected chi connectivity index (χ4v) is 3.72. The second-order valence-electron chi connectivity index (χ2n) is 3.62. The van der Waals surface area contributed by atoms with Gasteiger partial charge in [0.05, 0.1) is 6.26 Å². The molecule has 0 N–H and O–H groups in total. The maximum atomic E-state index is 11.7. The summed E-state index contributed by atoms with van der Waals surface area (Å²) in [4.78, 5) is 11.7. The molecule has 2 nitrogen and oxygen atoms in total. The van der Waals surface area contributed by atoms with Gasteiger partial charge in [-0.05, 0) is 48.6 Å². The minimum absolute atomic E-state index is 0.0262. The number of carbonyl (C=O) groups is 1. The smallest absolute Gasteiger partial charge is 0.180 e. The topological polar surface area (TPSA) is 30.2 Å². The van der Waals surface area contributed by atoms with Gasteiger partial charge >= 0.3 is 0 Å². The van der Waals surface area contributed by atoms with Crippen molar-refractivity contribution in [2.75, 3.05) is 11.5 Å². The Morgan fingerprint density at radius 3 is 2.71 bits per heavy atom. The van der Waals surface area contributed by atoms with Crippen LogP contribution in [0.1, 0.15) is 18.6 Å². The van der Waals surface area contributed by atoms with Crippen LogP contribution in [0.4, 0.5) is 0 Å². The van der Waals surface area contributed by atoms with Crippen LogP contribution in [0.5, 0.6) is 0 Å².